The molecule has 0 amide bonds. The fourth-order valence-corrected chi connectivity index (χ4v) is 20.9. The average molecular weight is 1780 g/mol. The smallest absolute Gasteiger partial charge is 0.252 e. The van der Waals surface area contributed by atoms with Gasteiger partial charge in [0, 0.05) is 88.9 Å². The molecule has 0 bridgehead atoms. The molecule has 0 saturated carbocycles. The van der Waals surface area contributed by atoms with Crippen molar-refractivity contribution in [2.75, 3.05) is 9.80 Å². The monoisotopic (exact) mass is 1780 g/mol. The van der Waals surface area contributed by atoms with Crippen molar-refractivity contribution in [3.05, 3.63) is 304 Å². The molecule has 0 atom stereocenters. The SMILES string of the molecule is [2H]C([2H])(c1cccc(-c2cc(CC(C)(C)C)cc(-c3cccc(C([2H])([2H])C(C)(C)C)c3)c2N2c3cc(-n4c5ccc(C(C)(C)C)cc5c5cc(C(C)(C)C)ccc54)ccc3B3c4ccc(-n5c6ccc(C(C)(C)C)cc6c6cc(C(C)(C)C)ccc65)cc4N(c4c(-c5cccc(C([2H])([2H])C(C)(C)C)c5)cc(CC(C)(C)C)cc4-c4cccc(C([2H])([2H])C(C)(C)C)c4)c4cc(CC(C)(C)C)cc2c43)c1)C(C)(C)C. The Balaban J connectivity index is 1.13. The van der Waals surface area contributed by atoms with Gasteiger partial charge < -0.3 is 18.9 Å². The lowest BCUT2D eigenvalue weighted by molar-refractivity contribution is 0.410. The second-order valence-electron chi connectivity index (χ2n) is 51.4. The Labute approximate surface area is 818 Å². The van der Waals surface area contributed by atoms with Gasteiger partial charge in [0.25, 0.3) is 6.71 Å². The maximum Gasteiger partial charge on any atom is 0.252 e. The molecular weight excluding hydrogens is 1620 g/mol. The van der Waals surface area contributed by atoms with Crippen molar-refractivity contribution in [1.82, 2.24) is 9.13 Å². The predicted molar refractivity (Wildman–Crippen MR) is 588 cm³/mol. The Hall–Kier alpha value is -10.9. The maximum atomic E-state index is 10.3. The van der Waals surface area contributed by atoms with Gasteiger partial charge in [-0.3, -0.25) is 0 Å². The van der Waals surface area contributed by atoms with E-state index in [4.69, 9.17) is 0 Å². The number of nitrogens with zero attached hydrogens (tertiary/aromatic N) is 4. The van der Waals surface area contributed by atoms with Crippen LogP contribution < -0.4 is 26.2 Å². The van der Waals surface area contributed by atoms with Gasteiger partial charge in [-0.15, -0.1) is 0 Å². The summed E-state index contributed by atoms with van der Waals surface area (Å²) in [6, 6.07) is 90.9. The summed E-state index contributed by atoms with van der Waals surface area (Å²) < 4.78 is 87.2. The molecule has 0 fully saturated rings. The second-order valence-corrected chi connectivity index (χ2v) is 51.4. The van der Waals surface area contributed by atoms with E-state index in [-0.39, 0.29) is 37.9 Å². The van der Waals surface area contributed by atoms with E-state index in [1.165, 1.54) is 43.8 Å². The Bertz CT molecular complexity index is 6780. The fourth-order valence-electron chi connectivity index (χ4n) is 20.9. The van der Waals surface area contributed by atoms with Gasteiger partial charge in [0.05, 0.1) is 33.4 Å². The molecule has 0 spiro atoms. The van der Waals surface area contributed by atoms with Crippen molar-refractivity contribution in [2.24, 2.45) is 37.9 Å². The second kappa shape index (κ2) is 33.5. The highest BCUT2D eigenvalue weighted by Gasteiger charge is 2.47. The summed E-state index contributed by atoms with van der Waals surface area (Å²) >= 11 is 0. The lowest BCUT2D eigenvalue weighted by Gasteiger charge is -2.46. The molecule has 134 heavy (non-hydrogen) atoms. The van der Waals surface area contributed by atoms with Crippen molar-refractivity contribution in [2.45, 2.75) is 295 Å². The zero-order valence-electron chi connectivity index (χ0n) is 95.1. The highest BCUT2D eigenvalue weighted by Crippen LogP contribution is 2.57. The summed E-state index contributed by atoms with van der Waals surface area (Å²) in [7, 11) is 0. The van der Waals surface area contributed by atoms with Crippen molar-refractivity contribution in [3.8, 4) is 55.9 Å². The van der Waals surface area contributed by atoms with E-state index < -0.39 is 53.9 Å². The van der Waals surface area contributed by atoms with Crippen LogP contribution in [-0.2, 0) is 66.4 Å². The Morgan fingerprint density at radius 1 is 0.231 bits per heavy atom. The normalized spacial score (nSPS) is 15.2. The standard InChI is InChI=1S/C129H153BN4/c1-119(2,3)74-81-38-34-42-88(58-81)98-62-85(78-123(13,14)15)63-99(89-43-35-39-82(59-89)75-120(4,5)6)117(98)133-112-72-96(131-108-54-46-92(126(22,23)24)68-102(108)103-69-93(127(25,26)27)47-55-109(103)131)50-52-106(112)130-107-53-51-97(132-110-56-48-94(128(28,29)30)70-104(110)105-71-95(129(31,32)33)49-57-111(105)132)73-113(107)134(115-67-87(80-125(19,20)21)66-114(133)116(115)130)118-100(90-44-36-40-83(60-90)76-121(7,8)9)64-86(79-124(16,17)18)65-101(118)91-45-37-41-84(61-91)77-122(10,11)12/h34-73H,74-80H2,1-33H3/i74D2,75D2,76D2,77D2. The highest BCUT2D eigenvalue weighted by molar-refractivity contribution is 7.00. The van der Waals surface area contributed by atoms with Crippen LogP contribution >= 0.6 is 0 Å². The van der Waals surface area contributed by atoms with Crippen LogP contribution in [0.1, 0.15) is 301 Å². The largest absolute Gasteiger partial charge is 0.310 e. The molecule has 13 aromatic carbocycles. The topological polar surface area (TPSA) is 16.3 Å². The first-order valence-corrected chi connectivity index (χ1v) is 49.3. The first-order valence-electron chi connectivity index (χ1n) is 53.3. The molecule has 15 aromatic rings. The number of anilines is 6. The van der Waals surface area contributed by atoms with E-state index in [0.717, 1.165) is 145 Å². The summed E-state index contributed by atoms with van der Waals surface area (Å²) in [5.74, 6) is 0. The van der Waals surface area contributed by atoms with E-state index >= 15 is 0 Å². The molecule has 2 aliphatic rings. The molecule has 4 nitrogen and oxygen atoms in total. The van der Waals surface area contributed by atoms with Crippen molar-refractivity contribution in [3.63, 3.8) is 0 Å². The third kappa shape index (κ3) is 19.7. The summed E-state index contributed by atoms with van der Waals surface area (Å²) in [5, 5.41) is 4.68. The average Bonchev–Trinajstić information content (AvgIpc) is 1.23. The highest BCUT2D eigenvalue weighted by atomic mass is 15.2. The molecule has 17 rings (SSSR count). The van der Waals surface area contributed by atoms with E-state index in [9.17, 15) is 11.0 Å². The van der Waals surface area contributed by atoms with Crippen LogP contribution in [-0.4, -0.2) is 15.8 Å². The van der Waals surface area contributed by atoms with Crippen LogP contribution in [0.3, 0.4) is 0 Å². The minimum Gasteiger partial charge on any atom is -0.310 e. The van der Waals surface area contributed by atoms with Gasteiger partial charge in [-0.05, 0) is 313 Å². The minimum absolute atomic E-state index is 0.165. The summed E-state index contributed by atoms with van der Waals surface area (Å²) in [6.45, 7) is 71.8. The molecule has 2 aromatic heterocycles. The molecule has 5 heteroatoms. The zero-order valence-corrected chi connectivity index (χ0v) is 87.1. The molecule has 0 aliphatic carbocycles. The van der Waals surface area contributed by atoms with Crippen LogP contribution in [0, 0.1) is 37.9 Å². The van der Waals surface area contributed by atoms with Gasteiger partial charge in [0.15, 0.2) is 0 Å². The van der Waals surface area contributed by atoms with Gasteiger partial charge in [-0.2, -0.15) is 0 Å². The van der Waals surface area contributed by atoms with Crippen molar-refractivity contribution < 1.29 is 11.0 Å². The predicted octanol–water partition coefficient (Wildman–Crippen LogP) is 34.9. The van der Waals surface area contributed by atoms with Crippen LogP contribution in [0.5, 0.6) is 0 Å². The third-order valence-corrected chi connectivity index (χ3v) is 26.4. The first-order chi connectivity index (χ1) is 65.3. The molecule has 0 radical (unpaired) electrons. The van der Waals surface area contributed by atoms with Crippen LogP contribution in [0.2, 0.25) is 0 Å². The Morgan fingerprint density at radius 3 is 0.709 bits per heavy atom. The van der Waals surface area contributed by atoms with E-state index in [0.29, 0.717) is 41.5 Å². The summed E-state index contributed by atoms with van der Waals surface area (Å²) in [6.07, 6.45) is -5.27. The van der Waals surface area contributed by atoms with E-state index in [2.05, 4.69) is 358 Å². The van der Waals surface area contributed by atoms with Gasteiger partial charge in [-0.25, -0.2) is 0 Å². The van der Waals surface area contributed by atoms with Gasteiger partial charge in [-0.1, -0.05) is 362 Å². The molecular formula is C129H153BN4. The van der Waals surface area contributed by atoms with Crippen molar-refractivity contribution >= 4 is 101 Å². The number of hydrogen-bond acceptors (Lipinski definition) is 2. The number of aromatic nitrogens is 2. The maximum absolute atomic E-state index is 10.3. The number of fused-ring (bicyclic) bond motifs is 10. The Kier molecular flexibility index (Phi) is 21.2. The zero-order chi connectivity index (χ0) is 104. The summed E-state index contributed by atoms with van der Waals surface area (Å²) in [5.41, 5.74) is 27.4. The van der Waals surface area contributed by atoms with Crippen LogP contribution in [0.4, 0.5) is 34.1 Å². The molecule has 0 saturated heterocycles. The van der Waals surface area contributed by atoms with Gasteiger partial charge in [0.1, 0.15) is 0 Å². The number of hydrogen-bond donors (Lipinski definition) is 0. The van der Waals surface area contributed by atoms with Crippen LogP contribution in [0.15, 0.2) is 243 Å². The number of benzene rings is 13. The molecule has 4 heterocycles. The summed E-state index contributed by atoms with van der Waals surface area (Å²) in [4.78, 5) is 5.23. The first kappa shape index (κ1) is 84.8. The van der Waals surface area contributed by atoms with E-state index in [1.807, 2.05) is 132 Å². The third-order valence-electron chi connectivity index (χ3n) is 26.4. The number of rotatable bonds is 15. The van der Waals surface area contributed by atoms with Crippen LogP contribution in [0.25, 0.3) is 99.5 Å². The minimum atomic E-state index is -1.81. The Morgan fingerprint density at radius 2 is 0.478 bits per heavy atom. The lowest BCUT2D eigenvalue weighted by atomic mass is 9.33. The quantitative estimate of drug-likeness (QED) is 0.0951. The fraction of sp³-hybridized carbons (Fsp3) is 0.395. The van der Waals surface area contributed by atoms with Gasteiger partial charge in [0.2, 0.25) is 0 Å². The van der Waals surface area contributed by atoms with Crippen molar-refractivity contribution in [1.29, 1.82) is 0 Å². The molecule has 692 valence electrons. The molecule has 0 N–H and O–H groups in total. The molecule has 2 aliphatic heterocycles. The van der Waals surface area contributed by atoms with E-state index in [1.54, 1.807) is 0 Å². The van der Waals surface area contributed by atoms with Gasteiger partial charge >= 0.3 is 0 Å². The lowest BCUT2D eigenvalue weighted by Crippen LogP contribution is -2.61. The molecule has 0 unspecified atom stereocenters.